The van der Waals surface area contributed by atoms with Crippen molar-refractivity contribution in [1.29, 1.82) is 0 Å². The molecule has 2 heterocycles. The van der Waals surface area contributed by atoms with Gasteiger partial charge in [-0.15, -0.1) is 11.3 Å². The number of nitrogens with zero attached hydrogens (tertiary/aromatic N) is 2. The standard InChI is InChI=1S/C21H29F3N4OS2/c1-13-18(15-7-10-17(25-12-15)21(22,23)24)28-19(30-13)27-16-8-5-14(6-9-16)11-26-31(29)20(2,3)4/h7,10,12,14,16,26H,5-6,8-9,11H2,1-4H3,(H,27,28). The summed E-state index contributed by atoms with van der Waals surface area (Å²) in [5.41, 5.74) is 0.341. The highest BCUT2D eigenvalue weighted by Gasteiger charge is 2.32. The highest BCUT2D eigenvalue weighted by molar-refractivity contribution is 7.84. The Kier molecular flexibility index (Phi) is 7.43. The Morgan fingerprint density at radius 3 is 2.39 bits per heavy atom. The average molecular weight is 475 g/mol. The fraction of sp³-hybridized carbons (Fsp3) is 0.619. The fourth-order valence-electron chi connectivity index (χ4n) is 3.52. The molecule has 1 fully saturated rings. The predicted octanol–water partition coefficient (Wildman–Crippen LogP) is 5.55. The van der Waals surface area contributed by atoms with E-state index in [1.807, 2.05) is 27.7 Å². The molecular weight excluding hydrogens is 445 g/mol. The van der Waals surface area contributed by atoms with Gasteiger partial charge in [0.05, 0.1) is 21.4 Å². The van der Waals surface area contributed by atoms with Gasteiger partial charge < -0.3 is 5.32 Å². The van der Waals surface area contributed by atoms with Gasteiger partial charge in [-0.05, 0) is 71.4 Å². The number of nitrogens with one attached hydrogen (secondary N) is 2. The van der Waals surface area contributed by atoms with E-state index >= 15 is 0 Å². The molecule has 2 N–H and O–H groups in total. The second kappa shape index (κ2) is 9.54. The van der Waals surface area contributed by atoms with E-state index in [0.29, 0.717) is 23.2 Å². The molecule has 0 aliphatic heterocycles. The second-order valence-electron chi connectivity index (χ2n) is 8.95. The van der Waals surface area contributed by atoms with E-state index in [-0.39, 0.29) is 4.75 Å². The summed E-state index contributed by atoms with van der Waals surface area (Å²) in [6.07, 6.45) is 0.888. The van der Waals surface area contributed by atoms with Gasteiger partial charge in [0.25, 0.3) is 0 Å². The number of hydrogen-bond donors (Lipinski definition) is 2. The smallest absolute Gasteiger partial charge is 0.359 e. The molecule has 2 aromatic rings. The van der Waals surface area contributed by atoms with E-state index in [1.165, 1.54) is 23.6 Å². The first-order valence-corrected chi connectivity index (χ1v) is 12.3. The largest absolute Gasteiger partial charge is 0.433 e. The molecule has 0 radical (unpaired) electrons. The van der Waals surface area contributed by atoms with Crippen LogP contribution in [0, 0.1) is 12.8 Å². The van der Waals surface area contributed by atoms with E-state index in [9.17, 15) is 17.4 Å². The minimum Gasteiger partial charge on any atom is -0.359 e. The zero-order valence-corrected chi connectivity index (χ0v) is 19.8. The summed E-state index contributed by atoms with van der Waals surface area (Å²) in [6, 6.07) is 2.72. The van der Waals surface area contributed by atoms with Crippen molar-refractivity contribution in [3.63, 3.8) is 0 Å². The van der Waals surface area contributed by atoms with E-state index < -0.39 is 22.9 Å². The maximum atomic E-state index is 12.7. The normalized spacial score (nSPS) is 21.1. The molecule has 1 aliphatic rings. The number of anilines is 1. The first kappa shape index (κ1) is 24.1. The number of rotatable bonds is 6. The number of pyridine rings is 1. The lowest BCUT2D eigenvalue weighted by atomic mass is 9.86. The summed E-state index contributed by atoms with van der Waals surface area (Å²) < 4.78 is 53.2. The van der Waals surface area contributed by atoms with Gasteiger partial charge in [-0.2, -0.15) is 13.2 Å². The summed E-state index contributed by atoms with van der Waals surface area (Å²) in [7, 11) is -1.05. The molecule has 0 amide bonds. The molecule has 31 heavy (non-hydrogen) atoms. The molecule has 5 nitrogen and oxygen atoms in total. The highest BCUT2D eigenvalue weighted by atomic mass is 32.2. The summed E-state index contributed by atoms with van der Waals surface area (Å²) in [5, 5.41) is 4.26. The topological polar surface area (TPSA) is 66.9 Å². The van der Waals surface area contributed by atoms with Gasteiger partial charge in [-0.25, -0.2) is 13.9 Å². The molecule has 0 bridgehead atoms. The lowest BCUT2D eigenvalue weighted by molar-refractivity contribution is -0.141. The number of hydrogen-bond acceptors (Lipinski definition) is 5. The third-order valence-corrected chi connectivity index (χ3v) is 7.80. The van der Waals surface area contributed by atoms with Crippen LogP contribution in [0.4, 0.5) is 18.3 Å². The maximum Gasteiger partial charge on any atom is 0.433 e. The molecule has 1 atom stereocenters. The first-order chi connectivity index (χ1) is 14.4. The van der Waals surface area contributed by atoms with Gasteiger partial charge in [-0.3, -0.25) is 4.98 Å². The molecule has 0 aromatic carbocycles. The summed E-state index contributed by atoms with van der Waals surface area (Å²) in [6.45, 7) is 8.55. The van der Waals surface area contributed by atoms with E-state index in [1.54, 1.807) is 0 Å². The van der Waals surface area contributed by atoms with E-state index in [2.05, 4.69) is 20.0 Å². The Labute approximate surface area is 187 Å². The number of alkyl halides is 3. The summed E-state index contributed by atoms with van der Waals surface area (Å²) in [5.74, 6) is 0.510. The van der Waals surface area contributed by atoms with Gasteiger partial charge in [0.2, 0.25) is 0 Å². The number of halogens is 3. The van der Waals surface area contributed by atoms with Crippen LogP contribution in [0.25, 0.3) is 11.3 Å². The Morgan fingerprint density at radius 1 is 1.16 bits per heavy atom. The van der Waals surface area contributed by atoms with Crippen molar-refractivity contribution >= 4 is 27.5 Å². The van der Waals surface area contributed by atoms with Crippen molar-refractivity contribution < 1.29 is 17.4 Å². The lowest BCUT2D eigenvalue weighted by Crippen LogP contribution is -2.37. The Bertz CT molecular complexity index is 899. The molecule has 1 saturated carbocycles. The Hall–Kier alpha value is -1.52. The Balaban J connectivity index is 1.54. The van der Waals surface area contributed by atoms with Crippen LogP contribution in [-0.4, -0.2) is 31.5 Å². The van der Waals surface area contributed by atoms with Gasteiger partial charge >= 0.3 is 6.18 Å². The van der Waals surface area contributed by atoms with Crippen LogP contribution in [0.5, 0.6) is 0 Å². The van der Waals surface area contributed by atoms with Crippen molar-refractivity contribution in [3.05, 3.63) is 28.9 Å². The van der Waals surface area contributed by atoms with Crippen LogP contribution in [0.2, 0.25) is 0 Å². The van der Waals surface area contributed by atoms with Crippen molar-refractivity contribution in [1.82, 2.24) is 14.7 Å². The van der Waals surface area contributed by atoms with Crippen molar-refractivity contribution in [2.75, 3.05) is 11.9 Å². The zero-order chi connectivity index (χ0) is 22.8. The lowest BCUT2D eigenvalue weighted by Gasteiger charge is -2.29. The second-order valence-corrected chi connectivity index (χ2v) is 12.2. The SMILES string of the molecule is Cc1sc(NC2CCC(CNS(=O)C(C)(C)C)CC2)nc1-c1ccc(C(F)(F)F)nc1. The van der Waals surface area contributed by atoms with Crippen LogP contribution < -0.4 is 10.0 Å². The van der Waals surface area contributed by atoms with Crippen molar-refractivity contribution in [2.45, 2.75) is 70.3 Å². The molecule has 2 aromatic heterocycles. The third-order valence-electron chi connectivity index (χ3n) is 5.36. The predicted molar refractivity (Wildman–Crippen MR) is 120 cm³/mol. The number of aryl methyl sites for hydroxylation is 1. The van der Waals surface area contributed by atoms with Crippen LogP contribution in [0.15, 0.2) is 18.3 Å². The fourth-order valence-corrected chi connectivity index (χ4v) is 5.26. The summed E-state index contributed by atoms with van der Waals surface area (Å²) >= 11 is 1.51. The first-order valence-electron chi connectivity index (χ1n) is 10.4. The van der Waals surface area contributed by atoms with Crippen molar-refractivity contribution in [3.8, 4) is 11.3 Å². The molecule has 172 valence electrons. The highest BCUT2D eigenvalue weighted by Crippen LogP contribution is 2.34. The van der Waals surface area contributed by atoms with Gasteiger partial charge in [0.15, 0.2) is 5.13 Å². The number of thiazole rings is 1. The Morgan fingerprint density at radius 2 is 1.84 bits per heavy atom. The van der Waals surface area contributed by atoms with E-state index in [4.69, 9.17) is 0 Å². The molecule has 0 saturated heterocycles. The molecule has 0 spiro atoms. The third kappa shape index (κ3) is 6.49. The minimum atomic E-state index is -4.45. The van der Waals surface area contributed by atoms with Gasteiger partial charge in [0.1, 0.15) is 5.69 Å². The quantitative estimate of drug-likeness (QED) is 0.576. The van der Waals surface area contributed by atoms with Crippen LogP contribution in [-0.2, 0) is 17.2 Å². The van der Waals surface area contributed by atoms with Crippen LogP contribution >= 0.6 is 11.3 Å². The molecule has 1 aliphatic carbocycles. The maximum absolute atomic E-state index is 12.7. The van der Waals surface area contributed by atoms with Crippen LogP contribution in [0.1, 0.15) is 57.0 Å². The molecule has 1 unspecified atom stereocenters. The van der Waals surface area contributed by atoms with Gasteiger partial charge in [-0.1, -0.05) is 0 Å². The summed E-state index contributed by atoms with van der Waals surface area (Å²) in [4.78, 5) is 9.08. The van der Waals surface area contributed by atoms with Crippen LogP contribution in [0.3, 0.4) is 0 Å². The van der Waals surface area contributed by atoms with Gasteiger partial charge in [0, 0.05) is 29.2 Å². The molecule has 3 rings (SSSR count). The minimum absolute atomic E-state index is 0.262. The van der Waals surface area contributed by atoms with E-state index in [0.717, 1.165) is 48.3 Å². The molecule has 10 heteroatoms. The number of aromatic nitrogens is 2. The van der Waals surface area contributed by atoms with Crippen molar-refractivity contribution in [2.24, 2.45) is 5.92 Å². The average Bonchev–Trinajstić information content (AvgIpc) is 3.06. The zero-order valence-electron chi connectivity index (χ0n) is 18.2. The molecular formula is C21H29F3N4OS2. The monoisotopic (exact) mass is 474 g/mol.